The average molecular weight is 546 g/mol. The molecule has 1 saturated carbocycles. The molecule has 0 bridgehead atoms. The van der Waals surface area contributed by atoms with Gasteiger partial charge in [-0.05, 0) is 101 Å². The third-order valence-corrected chi connectivity index (χ3v) is 9.77. The van der Waals surface area contributed by atoms with Crippen LogP contribution in [0.1, 0.15) is 108 Å². The van der Waals surface area contributed by atoms with Gasteiger partial charge in [-0.1, -0.05) is 38.8 Å². The highest BCUT2D eigenvalue weighted by molar-refractivity contribution is 5.76. The van der Waals surface area contributed by atoms with Gasteiger partial charge in [-0.15, -0.1) is 0 Å². The molecule has 1 atom stereocenters. The second-order valence-corrected chi connectivity index (χ2v) is 13.9. The number of aryl methyl sites for hydroxylation is 1. The molecule has 7 heteroatoms. The zero-order valence-corrected chi connectivity index (χ0v) is 25.1. The SMILES string of the molecule is CC(C)[C@@H]1CCc2ncnc(N3CC4(CCNCC4)c4c(CN(C(=O)OC(C)(C)C)C5CCCC5)cccc43)c21. The van der Waals surface area contributed by atoms with Crippen LogP contribution in [-0.2, 0) is 23.1 Å². The minimum Gasteiger partial charge on any atom is -0.444 e. The molecule has 0 unspecified atom stereocenters. The van der Waals surface area contributed by atoms with Gasteiger partial charge in [0.2, 0.25) is 0 Å². The Morgan fingerprint density at radius 3 is 2.60 bits per heavy atom. The standard InChI is InChI=1S/C33H47N5O2/c1-22(2)25-13-14-26-28(25)30(36-21-35-26)38-20-33(15-17-34-18-16-33)29-23(9-8-12-27(29)38)19-37(24-10-6-7-11-24)31(39)40-32(3,4)5/h8-9,12,21-22,24-25,34H,6-7,10-11,13-20H2,1-5H3/t25-/m0/s1. The molecule has 7 nitrogen and oxygen atoms in total. The monoisotopic (exact) mass is 545 g/mol. The molecule has 216 valence electrons. The minimum absolute atomic E-state index is 0.0379. The zero-order chi connectivity index (χ0) is 28.1. The number of hydrogen-bond donors (Lipinski definition) is 1. The normalized spacial score (nSPS) is 22.1. The summed E-state index contributed by atoms with van der Waals surface area (Å²) in [5.74, 6) is 2.16. The molecule has 1 aromatic heterocycles. The number of anilines is 2. The third kappa shape index (κ3) is 4.99. The van der Waals surface area contributed by atoms with Gasteiger partial charge in [-0.25, -0.2) is 14.8 Å². The van der Waals surface area contributed by atoms with Crippen LogP contribution in [0.15, 0.2) is 24.5 Å². The Morgan fingerprint density at radius 2 is 1.90 bits per heavy atom. The lowest BCUT2D eigenvalue weighted by Gasteiger charge is -2.37. The number of aromatic nitrogens is 2. The Morgan fingerprint density at radius 1 is 1.15 bits per heavy atom. The molecule has 1 amide bonds. The van der Waals surface area contributed by atoms with E-state index in [9.17, 15) is 4.79 Å². The van der Waals surface area contributed by atoms with Crippen LogP contribution in [0, 0.1) is 5.92 Å². The maximum Gasteiger partial charge on any atom is 0.410 e. The van der Waals surface area contributed by atoms with E-state index in [0.29, 0.717) is 18.4 Å². The largest absolute Gasteiger partial charge is 0.444 e. The average Bonchev–Trinajstić information content (AvgIpc) is 3.66. The number of nitrogens with one attached hydrogen (secondary N) is 1. The van der Waals surface area contributed by atoms with Crippen molar-refractivity contribution in [1.82, 2.24) is 20.2 Å². The van der Waals surface area contributed by atoms with Crippen molar-refractivity contribution in [2.45, 2.75) is 116 Å². The van der Waals surface area contributed by atoms with E-state index in [1.165, 1.54) is 40.9 Å². The maximum absolute atomic E-state index is 13.6. The van der Waals surface area contributed by atoms with Crippen molar-refractivity contribution >= 4 is 17.6 Å². The summed E-state index contributed by atoms with van der Waals surface area (Å²) >= 11 is 0. The van der Waals surface area contributed by atoms with E-state index in [4.69, 9.17) is 14.7 Å². The summed E-state index contributed by atoms with van der Waals surface area (Å²) in [6.07, 6.45) is 10.4. The van der Waals surface area contributed by atoms with E-state index in [1.807, 2.05) is 25.7 Å². The van der Waals surface area contributed by atoms with Gasteiger partial charge in [0, 0.05) is 41.5 Å². The van der Waals surface area contributed by atoms with Crippen LogP contribution in [-0.4, -0.2) is 52.2 Å². The lowest BCUT2D eigenvalue weighted by molar-refractivity contribution is 0.0143. The van der Waals surface area contributed by atoms with Crippen LogP contribution in [0.3, 0.4) is 0 Å². The Balaban J connectivity index is 1.43. The first-order chi connectivity index (χ1) is 19.2. The van der Waals surface area contributed by atoms with Crippen molar-refractivity contribution < 1.29 is 9.53 Å². The van der Waals surface area contributed by atoms with Gasteiger partial charge in [0.25, 0.3) is 0 Å². The van der Waals surface area contributed by atoms with Crippen LogP contribution in [0.5, 0.6) is 0 Å². The Bertz CT molecular complexity index is 1240. The molecule has 1 saturated heterocycles. The van der Waals surface area contributed by atoms with Gasteiger partial charge in [0.1, 0.15) is 17.7 Å². The molecule has 2 fully saturated rings. The van der Waals surface area contributed by atoms with E-state index in [0.717, 1.165) is 64.0 Å². The van der Waals surface area contributed by atoms with Crippen LogP contribution in [0.4, 0.5) is 16.3 Å². The van der Waals surface area contributed by atoms with Crippen molar-refractivity contribution in [3.8, 4) is 0 Å². The molecule has 2 aliphatic heterocycles. The molecule has 3 heterocycles. The zero-order valence-electron chi connectivity index (χ0n) is 25.1. The molecule has 2 aromatic rings. The maximum atomic E-state index is 13.6. The molecule has 40 heavy (non-hydrogen) atoms. The number of carbonyl (C=O) groups excluding carboxylic acids is 1. The summed E-state index contributed by atoms with van der Waals surface area (Å²) in [6, 6.07) is 6.98. The number of benzene rings is 1. The predicted molar refractivity (Wildman–Crippen MR) is 159 cm³/mol. The number of fused-ring (bicyclic) bond motifs is 3. The van der Waals surface area contributed by atoms with E-state index in [-0.39, 0.29) is 17.6 Å². The third-order valence-electron chi connectivity index (χ3n) is 9.77. The number of amides is 1. The van der Waals surface area contributed by atoms with Crippen LogP contribution in [0.25, 0.3) is 0 Å². The van der Waals surface area contributed by atoms with Crippen molar-refractivity contribution in [2.24, 2.45) is 5.92 Å². The molecule has 2 aliphatic carbocycles. The van der Waals surface area contributed by atoms with Crippen LogP contribution < -0.4 is 10.2 Å². The quantitative estimate of drug-likeness (QED) is 0.456. The van der Waals surface area contributed by atoms with Crippen LogP contribution in [0.2, 0.25) is 0 Å². The predicted octanol–water partition coefficient (Wildman–Crippen LogP) is 6.62. The Kier molecular flexibility index (Phi) is 7.30. The number of piperidine rings is 1. The highest BCUT2D eigenvalue weighted by Gasteiger charge is 2.47. The summed E-state index contributed by atoms with van der Waals surface area (Å²) in [5, 5.41) is 3.61. The second-order valence-electron chi connectivity index (χ2n) is 13.9. The van der Waals surface area contributed by atoms with Gasteiger partial charge < -0.3 is 19.9 Å². The molecule has 1 N–H and O–H groups in total. The van der Waals surface area contributed by atoms with Gasteiger partial charge in [0.05, 0.1) is 0 Å². The number of rotatable bonds is 5. The number of nitrogens with zero attached hydrogens (tertiary/aromatic N) is 4. The highest BCUT2D eigenvalue weighted by Crippen LogP contribution is 2.53. The van der Waals surface area contributed by atoms with Gasteiger partial charge in [0.15, 0.2) is 0 Å². The second kappa shape index (κ2) is 10.6. The summed E-state index contributed by atoms with van der Waals surface area (Å²) in [5.41, 5.74) is 6.08. The fourth-order valence-corrected chi connectivity index (χ4v) is 7.91. The number of ether oxygens (including phenoxy) is 1. The highest BCUT2D eigenvalue weighted by atomic mass is 16.6. The molecule has 4 aliphatic rings. The molecule has 0 radical (unpaired) electrons. The Labute approximate surface area is 240 Å². The van der Waals surface area contributed by atoms with Crippen molar-refractivity contribution in [1.29, 1.82) is 0 Å². The lowest BCUT2D eigenvalue weighted by atomic mass is 9.73. The molecular formula is C33H47N5O2. The van der Waals surface area contributed by atoms with E-state index in [1.54, 1.807) is 6.33 Å². The lowest BCUT2D eigenvalue weighted by Crippen LogP contribution is -2.44. The van der Waals surface area contributed by atoms with Crippen LogP contribution >= 0.6 is 0 Å². The fraction of sp³-hybridized carbons (Fsp3) is 0.667. The minimum atomic E-state index is -0.514. The first kappa shape index (κ1) is 27.5. The first-order valence-electron chi connectivity index (χ1n) is 15.6. The molecule has 1 aromatic carbocycles. The smallest absolute Gasteiger partial charge is 0.410 e. The summed E-state index contributed by atoms with van der Waals surface area (Å²) in [7, 11) is 0. The van der Waals surface area contributed by atoms with Gasteiger partial charge in [-0.3, -0.25) is 0 Å². The first-order valence-corrected chi connectivity index (χ1v) is 15.6. The molecule has 1 spiro atoms. The molecular weight excluding hydrogens is 498 g/mol. The summed E-state index contributed by atoms with van der Waals surface area (Å²) in [4.78, 5) is 27.9. The number of carbonyl (C=O) groups is 1. The Hall–Kier alpha value is -2.67. The van der Waals surface area contributed by atoms with E-state index < -0.39 is 5.60 Å². The van der Waals surface area contributed by atoms with E-state index in [2.05, 4.69) is 42.3 Å². The number of hydrogen-bond acceptors (Lipinski definition) is 6. The van der Waals surface area contributed by atoms with E-state index >= 15 is 0 Å². The van der Waals surface area contributed by atoms with Gasteiger partial charge >= 0.3 is 6.09 Å². The summed E-state index contributed by atoms with van der Waals surface area (Å²) in [6.45, 7) is 14.1. The van der Waals surface area contributed by atoms with Crippen molar-refractivity contribution in [2.75, 3.05) is 24.5 Å². The van der Waals surface area contributed by atoms with Crippen molar-refractivity contribution in [3.05, 3.63) is 46.9 Å². The molecule has 6 rings (SSSR count). The fourth-order valence-electron chi connectivity index (χ4n) is 7.91. The summed E-state index contributed by atoms with van der Waals surface area (Å²) < 4.78 is 5.97. The van der Waals surface area contributed by atoms with Crippen molar-refractivity contribution in [3.63, 3.8) is 0 Å². The topological polar surface area (TPSA) is 70.6 Å². The van der Waals surface area contributed by atoms with Gasteiger partial charge in [-0.2, -0.15) is 0 Å².